The summed E-state index contributed by atoms with van der Waals surface area (Å²) in [5.41, 5.74) is 2.76. The van der Waals surface area contributed by atoms with Crippen molar-refractivity contribution in [1.29, 1.82) is 0 Å². The molecule has 2 rings (SSSR count). The van der Waals surface area contributed by atoms with E-state index in [0.29, 0.717) is 0 Å². The molecule has 0 amide bonds. The summed E-state index contributed by atoms with van der Waals surface area (Å²) in [6, 6.07) is 0. The van der Waals surface area contributed by atoms with Gasteiger partial charge in [-0.05, 0) is 13.0 Å². The monoisotopic (exact) mass is 235 g/mol. The van der Waals surface area contributed by atoms with Gasteiger partial charge in [-0.2, -0.15) is 5.10 Å². The minimum absolute atomic E-state index is 1.10. The van der Waals surface area contributed by atoms with E-state index in [1.165, 1.54) is 62.9 Å². The molecule has 1 aliphatic rings. The van der Waals surface area contributed by atoms with Crippen molar-refractivity contribution >= 4 is 0 Å². The molecule has 0 aliphatic carbocycles. The standard InChI is InChI=1S/C14H25N3/c1-2-3-4-5-6-7-9-17-10-8-14-13(12-17)11-15-16-14/h11H,2-10,12H2,1H3,(H,15,16). The number of unbranched alkanes of at least 4 members (excludes halogenated alkanes) is 5. The number of hydrogen-bond donors (Lipinski definition) is 1. The zero-order chi connectivity index (χ0) is 11.9. The lowest BCUT2D eigenvalue weighted by Crippen LogP contribution is -2.30. The quantitative estimate of drug-likeness (QED) is 0.736. The van der Waals surface area contributed by atoms with E-state index in [4.69, 9.17) is 0 Å². The fraction of sp³-hybridized carbons (Fsp3) is 0.786. The molecule has 0 bridgehead atoms. The van der Waals surface area contributed by atoms with Gasteiger partial charge in [-0.15, -0.1) is 0 Å². The van der Waals surface area contributed by atoms with Crippen molar-refractivity contribution in [1.82, 2.24) is 15.1 Å². The van der Waals surface area contributed by atoms with Gasteiger partial charge in [-0.25, -0.2) is 0 Å². The summed E-state index contributed by atoms with van der Waals surface area (Å²) >= 11 is 0. The van der Waals surface area contributed by atoms with E-state index in [2.05, 4.69) is 22.0 Å². The summed E-state index contributed by atoms with van der Waals surface area (Å²) in [5, 5.41) is 7.21. The number of aromatic amines is 1. The Morgan fingerprint density at radius 1 is 1.24 bits per heavy atom. The molecule has 0 saturated carbocycles. The molecule has 2 heterocycles. The third kappa shape index (κ3) is 3.84. The summed E-state index contributed by atoms with van der Waals surface area (Å²) in [6.45, 7) is 5.83. The molecule has 3 nitrogen and oxygen atoms in total. The summed E-state index contributed by atoms with van der Waals surface area (Å²) in [5.74, 6) is 0. The smallest absolute Gasteiger partial charge is 0.0535 e. The lowest BCUT2D eigenvalue weighted by Gasteiger charge is -2.26. The molecule has 1 aliphatic heterocycles. The Kier molecular flexibility index (Phi) is 5.05. The topological polar surface area (TPSA) is 31.9 Å². The van der Waals surface area contributed by atoms with E-state index < -0.39 is 0 Å². The fourth-order valence-corrected chi connectivity index (χ4v) is 2.59. The van der Waals surface area contributed by atoms with Gasteiger partial charge in [0.15, 0.2) is 0 Å². The largest absolute Gasteiger partial charge is 0.299 e. The van der Waals surface area contributed by atoms with Crippen LogP contribution in [0.25, 0.3) is 0 Å². The Bertz CT molecular complexity index is 319. The van der Waals surface area contributed by atoms with E-state index in [-0.39, 0.29) is 0 Å². The fourth-order valence-electron chi connectivity index (χ4n) is 2.59. The minimum Gasteiger partial charge on any atom is -0.299 e. The molecule has 3 heteroatoms. The van der Waals surface area contributed by atoms with Crippen LogP contribution in [-0.4, -0.2) is 28.2 Å². The minimum atomic E-state index is 1.10. The van der Waals surface area contributed by atoms with Crippen LogP contribution in [0.3, 0.4) is 0 Å². The van der Waals surface area contributed by atoms with Gasteiger partial charge in [0.2, 0.25) is 0 Å². The molecule has 1 aromatic heterocycles. The third-order valence-electron chi connectivity index (χ3n) is 3.71. The maximum atomic E-state index is 4.12. The molecule has 1 N–H and O–H groups in total. The second-order valence-electron chi connectivity index (χ2n) is 5.17. The number of H-pyrrole nitrogens is 1. The molecule has 1 aromatic rings. The highest BCUT2D eigenvalue weighted by Gasteiger charge is 2.16. The zero-order valence-electron chi connectivity index (χ0n) is 11.0. The number of nitrogens with one attached hydrogen (secondary N) is 1. The molecule has 0 aromatic carbocycles. The first-order valence-electron chi connectivity index (χ1n) is 7.13. The number of rotatable bonds is 7. The normalized spacial score (nSPS) is 16.1. The van der Waals surface area contributed by atoms with E-state index in [9.17, 15) is 0 Å². The van der Waals surface area contributed by atoms with Crippen LogP contribution in [0, 0.1) is 0 Å². The summed E-state index contributed by atoms with van der Waals surface area (Å²) < 4.78 is 0. The number of nitrogens with zero attached hydrogens (tertiary/aromatic N) is 2. The molecule has 0 fully saturated rings. The molecule has 0 radical (unpaired) electrons. The Labute approximate surface area is 105 Å². The summed E-state index contributed by atoms with van der Waals surface area (Å²) in [6.07, 6.45) is 11.5. The van der Waals surface area contributed by atoms with Crippen LogP contribution in [-0.2, 0) is 13.0 Å². The number of aromatic nitrogens is 2. The van der Waals surface area contributed by atoms with Crippen LogP contribution in [0.5, 0.6) is 0 Å². The average molecular weight is 235 g/mol. The lowest BCUT2D eigenvalue weighted by molar-refractivity contribution is 0.247. The SMILES string of the molecule is CCCCCCCCN1CCc2[nH]ncc2C1. The highest BCUT2D eigenvalue weighted by molar-refractivity contribution is 5.18. The van der Waals surface area contributed by atoms with E-state index >= 15 is 0 Å². The Balaban J connectivity index is 1.59. The van der Waals surface area contributed by atoms with E-state index in [0.717, 1.165) is 13.0 Å². The van der Waals surface area contributed by atoms with Gasteiger partial charge in [0.05, 0.1) is 6.20 Å². The Morgan fingerprint density at radius 2 is 2.06 bits per heavy atom. The molecule has 0 spiro atoms. The second kappa shape index (κ2) is 6.80. The van der Waals surface area contributed by atoms with Gasteiger partial charge in [0.1, 0.15) is 0 Å². The predicted molar refractivity (Wildman–Crippen MR) is 70.9 cm³/mol. The van der Waals surface area contributed by atoms with Crippen molar-refractivity contribution in [3.63, 3.8) is 0 Å². The molecular formula is C14H25N3. The maximum Gasteiger partial charge on any atom is 0.0535 e. The third-order valence-corrected chi connectivity index (χ3v) is 3.71. The van der Waals surface area contributed by atoms with Crippen molar-refractivity contribution in [3.05, 3.63) is 17.5 Å². The second-order valence-corrected chi connectivity index (χ2v) is 5.17. The summed E-state index contributed by atoms with van der Waals surface area (Å²) in [4.78, 5) is 2.57. The van der Waals surface area contributed by atoms with Gasteiger partial charge in [0, 0.05) is 30.8 Å². The first-order valence-corrected chi connectivity index (χ1v) is 7.13. The van der Waals surface area contributed by atoms with Crippen LogP contribution in [0.1, 0.15) is 56.7 Å². The Hall–Kier alpha value is -0.830. The van der Waals surface area contributed by atoms with Crippen molar-refractivity contribution in [2.75, 3.05) is 13.1 Å². The molecule has 0 atom stereocenters. The Morgan fingerprint density at radius 3 is 2.94 bits per heavy atom. The average Bonchev–Trinajstić information content (AvgIpc) is 2.81. The highest BCUT2D eigenvalue weighted by Crippen LogP contribution is 2.16. The maximum absolute atomic E-state index is 4.12. The molecule has 96 valence electrons. The van der Waals surface area contributed by atoms with Crippen LogP contribution >= 0.6 is 0 Å². The molecule has 0 saturated heterocycles. The summed E-state index contributed by atoms with van der Waals surface area (Å²) in [7, 11) is 0. The first-order chi connectivity index (χ1) is 8.40. The van der Waals surface area contributed by atoms with E-state index in [1.54, 1.807) is 0 Å². The van der Waals surface area contributed by atoms with Crippen molar-refractivity contribution in [2.45, 2.75) is 58.4 Å². The van der Waals surface area contributed by atoms with Crippen molar-refractivity contribution < 1.29 is 0 Å². The first kappa shape index (κ1) is 12.6. The van der Waals surface area contributed by atoms with Crippen LogP contribution in [0.2, 0.25) is 0 Å². The highest BCUT2D eigenvalue weighted by atomic mass is 15.2. The zero-order valence-corrected chi connectivity index (χ0v) is 11.0. The van der Waals surface area contributed by atoms with E-state index in [1.807, 2.05) is 6.20 Å². The van der Waals surface area contributed by atoms with Gasteiger partial charge < -0.3 is 0 Å². The molecular weight excluding hydrogens is 210 g/mol. The van der Waals surface area contributed by atoms with Gasteiger partial charge >= 0.3 is 0 Å². The number of hydrogen-bond acceptors (Lipinski definition) is 2. The van der Waals surface area contributed by atoms with Crippen LogP contribution in [0.4, 0.5) is 0 Å². The van der Waals surface area contributed by atoms with Crippen molar-refractivity contribution in [3.8, 4) is 0 Å². The lowest BCUT2D eigenvalue weighted by atomic mass is 10.1. The van der Waals surface area contributed by atoms with Crippen LogP contribution < -0.4 is 0 Å². The molecule has 0 unspecified atom stereocenters. The van der Waals surface area contributed by atoms with Crippen LogP contribution in [0.15, 0.2) is 6.20 Å². The van der Waals surface area contributed by atoms with Gasteiger partial charge in [-0.1, -0.05) is 39.0 Å². The predicted octanol–water partition coefficient (Wildman–Crippen LogP) is 3.13. The van der Waals surface area contributed by atoms with Gasteiger partial charge in [0.25, 0.3) is 0 Å². The molecule has 17 heavy (non-hydrogen) atoms. The number of fused-ring (bicyclic) bond motifs is 1. The van der Waals surface area contributed by atoms with Crippen molar-refractivity contribution in [2.24, 2.45) is 0 Å². The van der Waals surface area contributed by atoms with Gasteiger partial charge in [-0.3, -0.25) is 10.00 Å².